The van der Waals surface area contributed by atoms with Crippen molar-refractivity contribution in [2.45, 2.75) is 38.5 Å². The minimum Gasteiger partial charge on any atom is -0.369 e. The van der Waals surface area contributed by atoms with Gasteiger partial charge in [-0.25, -0.2) is 15.0 Å². The van der Waals surface area contributed by atoms with Crippen LogP contribution in [-0.4, -0.2) is 38.5 Å². The molecule has 3 heterocycles. The number of fused-ring (bicyclic) bond motifs is 3. The SMILES string of the molecule is CSCCCCNc1nc(-c2cnccn2)nc2sc3c(c12)CCCC3. The summed E-state index contributed by atoms with van der Waals surface area (Å²) in [6.45, 7) is 0.942. The molecule has 0 atom stereocenters. The summed E-state index contributed by atoms with van der Waals surface area (Å²) in [5.74, 6) is 2.84. The fourth-order valence-electron chi connectivity index (χ4n) is 3.39. The number of anilines is 1. The molecule has 7 heteroatoms. The van der Waals surface area contributed by atoms with Crippen LogP contribution in [0.5, 0.6) is 0 Å². The van der Waals surface area contributed by atoms with E-state index < -0.39 is 0 Å². The highest BCUT2D eigenvalue weighted by Crippen LogP contribution is 2.39. The van der Waals surface area contributed by atoms with Crippen LogP contribution in [0.25, 0.3) is 21.7 Å². The molecule has 0 saturated carbocycles. The summed E-state index contributed by atoms with van der Waals surface area (Å²) in [5, 5.41) is 4.83. The minimum atomic E-state index is 0.663. The van der Waals surface area contributed by atoms with E-state index in [4.69, 9.17) is 9.97 Å². The lowest BCUT2D eigenvalue weighted by Gasteiger charge is -2.13. The average molecular weight is 386 g/mol. The Morgan fingerprint density at radius 3 is 2.92 bits per heavy atom. The number of aromatic nitrogens is 4. The molecule has 0 amide bonds. The van der Waals surface area contributed by atoms with Gasteiger partial charge in [-0.05, 0) is 56.1 Å². The molecular formula is C19H23N5S2. The minimum absolute atomic E-state index is 0.663. The van der Waals surface area contributed by atoms with Crippen molar-refractivity contribution >= 4 is 39.1 Å². The molecule has 0 unspecified atom stereocenters. The Morgan fingerprint density at radius 2 is 2.08 bits per heavy atom. The number of nitrogens with zero attached hydrogens (tertiary/aromatic N) is 4. The summed E-state index contributed by atoms with van der Waals surface area (Å²) in [5.41, 5.74) is 2.19. The molecule has 0 spiro atoms. The Hall–Kier alpha value is -1.73. The van der Waals surface area contributed by atoms with E-state index in [-0.39, 0.29) is 0 Å². The Balaban J connectivity index is 1.71. The quantitative estimate of drug-likeness (QED) is 0.601. The van der Waals surface area contributed by atoms with Crippen LogP contribution < -0.4 is 5.32 Å². The van der Waals surface area contributed by atoms with Crippen LogP contribution in [-0.2, 0) is 12.8 Å². The van der Waals surface area contributed by atoms with Gasteiger partial charge in [-0.1, -0.05) is 0 Å². The van der Waals surface area contributed by atoms with Crippen molar-refractivity contribution in [3.05, 3.63) is 29.0 Å². The molecule has 1 aliphatic carbocycles. The van der Waals surface area contributed by atoms with Crippen molar-refractivity contribution in [1.29, 1.82) is 0 Å². The predicted octanol–water partition coefficient (Wildman–Crippen LogP) is 4.58. The maximum absolute atomic E-state index is 4.85. The second-order valence-electron chi connectivity index (χ2n) is 6.50. The number of rotatable bonds is 7. The summed E-state index contributed by atoms with van der Waals surface area (Å²) in [6, 6.07) is 0. The van der Waals surface area contributed by atoms with Crippen LogP contribution in [0.3, 0.4) is 0 Å². The van der Waals surface area contributed by atoms with E-state index in [0.717, 1.165) is 35.7 Å². The highest BCUT2D eigenvalue weighted by Gasteiger charge is 2.21. The van der Waals surface area contributed by atoms with Gasteiger partial charge in [-0.3, -0.25) is 4.98 Å². The van der Waals surface area contributed by atoms with Crippen molar-refractivity contribution in [3.8, 4) is 11.5 Å². The molecule has 26 heavy (non-hydrogen) atoms. The first-order valence-corrected chi connectivity index (χ1v) is 11.4. The largest absolute Gasteiger partial charge is 0.369 e. The summed E-state index contributed by atoms with van der Waals surface area (Å²) in [6.07, 6.45) is 14.5. The van der Waals surface area contributed by atoms with E-state index in [1.54, 1.807) is 18.6 Å². The van der Waals surface area contributed by atoms with Crippen LogP contribution in [0.2, 0.25) is 0 Å². The maximum atomic E-state index is 4.85. The van der Waals surface area contributed by atoms with Gasteiger partial charge in [0.15, 0.2) is 5.82 Å². The fourth-order valence-corrected chi connectivity index (χ4v) is 5.15. The molecular weight excluding hydrogens is 362 g/mol. The zero-order valence-corrected chi connectivity index (χ0v) is 16.6. The first-order chi connectivity index (χ1) is 12.9. The standard InChI is InChI=1S/C19H23N5S2/c1-25-11-5-4-8-22-18-16-13-6-2-3-7-15(13)26-19(16)24-17(23-18)14-12-20-9-10-21-14/h9-10,12H,2-8,11H2,1H3,(H,22,23,24). The molecule has 3 aromatic heterocycles. The molecule has 1 aliphatic rings. The van der Waals surface area contributed by atoms with Gasteiger partial charge in [0.25, 0.3) is 0 Å². The number of unbranched alkanes of at least 4 members (excludes halogenated alkanes) is 1. The first-order valence-electron chi connectivity index (χ1n) is 9.18. The van der Waals surface area contributed by atoms with Gasteiger partial charge in [-0.2, -0.15) is 11.8 Å². The molecule has 4 rings (SSSR count). The average Bonchev–Trinajstić information content (AvgIpc) is 3.07. The van der Waals surface area contributed by atoms with E-state index in [9.17, 15) is 0 Å². The van der Waals surface area contributed by atoms with Crippen LogP contribution >= 0.6 is 23.1 Å². The van der Waals surface area contributed by atoms with E-state index in [2.05, 4.69) is 21.5 Å². The van der Waals surface area contributed by atoms with Crippen molar-refractivity contribution < 1.29 is 0 Å². The highest BCUT2D eigenvalue weighted by molar-refractivity contribution is 7.98. The van der Waals surface area contributed by atoms with Crippen LogP contribution in [0.4, 0.5) is 5.82 Å². The number of aryl methyl sites for hydroxylation is 2. The summed E-state index contributed by atoms with van der Waals surface area (Å²) < 4.78 is 0. The Bertz CT molecular complexity index is 879. The molecule has 0 radical (unpaired) electrons. The molecule has 136 valence electrons. The number of thiophene rings is 1. The Labute approximate surface area is 162 Å². The molecule has 0 aliphatic heterocycles. The lowest BCUT2D eigenvalue weighted by atomic mass is 9.97. The monoisotopic (exact) mass is 385 g/mol. The van der Waals surface area contributed by atoms with E-state index in [1.165, 1.54) is 47.3 Å². The molecule has 1 N–H and O–H groups in total. The molecule has 0 fully saturated rings. The second kappa shape index (κ2) is 8.31. The summed E-state index contributed by atoms with van der Waals surface area (Å²) >= 11 is 3.73. The Morgan fingerprint density at radius 1 is 1.15 bits per heavy atom. The number of nitrogens with one attached hydrogen (secondary N) is 1. The Kier molecular flexibility index (Phi) is 5.65. The molecule has 0 aromatic carbocycles. The summed E-state index contributed by atoms with van der Waals surface area (Å²) in [4.78, 5) is 20.8. The first kappa shape index (κ1) is 17.7. The van der Waals surface area contributed by atoms with Gasteiger partial charge >= 0.3 is 0 Å². The van der Waals surface area contributed by atoms with E-state index >= 15 is 0 Å². The summed E-state index contributed by atoms with van der Waals surface area (Å²) in [7, 11) is 0. The van der Waals surface area contributed by atoms with Gasteiger partial charge in [0, 0.05) is 23.8 Å². The van der Waals surface area contributed by atoms with E-state index in [1.807, 2.05) is 23.1 Å². The zero-order chi connectivity index (χ0) is 17.8. The number of hydrogen-bond donors (Lipinski definition) is 1. The van der Waals surface area contributed by atoms with Crippen molar-refractivity contribution in [1.82, 2.24) is 19.9 Å². The molecule has 3 aromatic rings. The third-order valence-electron chi connectivity index (χ3n) is 4.67. The third-order valence-corrected chi connectivity index (χ3v) is 6.56. The smallest absolute Gasteiger partial charge is 0.183 e. The lowest BCUT2D eigenvalue weighted by molar-refractivity contribution is 0.700. The second-order valence-corrected chi connectivity index (χ2v) is 8.57. The van der Waals surface area contributed by atoms with Crippen LogP contribution in [0.1, 0.15) is 36.1 Å². The van der Waals surface area contributed by atoms with E-state index in [0.29, 0.717) is 5.82 Å². The van der Waals surface area contributed by atoms with Gasteiger partial charge in [0.1, 0.15) is 16.3 Å². The van der Waals surface area contributed by atoms with Crippen LogP contribution in [0.15, 0.2) is 18.6 Å². The van der Waals surface area contributed by atoms with Crippen LogP contribution in [0, 0.1) is 0 Å². The normalized spacial score (nSPS) is 13.7. The third kappa shape index (κ3) is 3.69. The van der Waals surface area contributed by atoms with Gasteiger partial charge in [-0.15, -0.1) is 11.3 Å². The zero-order valence-electron chi connectivity index (χ0n) is 15.0. The molecule has 5 nitrogen and oxygen atoms in total. The van der Waals surface area contributed by atoms with Crippen molar-refractivity contribution in [2.75, 3.05) is 23.9 Å². The molecule has 0 saturated heterocycles. The number of thioether (sulfide) groups is 1. The highest BCUT2D eigenvalue weighted by atomic mass is 32.2. The van der Waals surface area contributed by atoms with Crippen molar-refractivity contribution in [2.24, 2.45) is 0 Å². The topological polar surface area (TPSA) is 63.6 Å². The lowest BCUT2D eigenvalue weighted by Crippen LogP contribution is -2.07. The maximum Gasteiger partial charge on any atom is 0.183 e. The van der Waals surface area contributed by atoms with Gasteiger partial charge < -0.3 is 5.32 Å². The number of hydrogen-bond acceptors (Lipinski definition) is 7. The fraction of sp³-hybridized carbons (Fsp3) is 0.474. The predicted molar refractivity (Wildman–Crippen MR) is 111 cm³/mol. The van der Waals surface area contributed by atoms with Crippen molar-refractivity contribution in [3.63, 3.8) is 0 Å². The van der Waals surface area contributed by atoms with Gasteiger partial charge in [0.05, 0.1) is 11.6 Å². The molecule has 0 bridgehead atoms. The van der Waals surface area contributed by atoms with Gasteiger partial charge in [0.2, 0.25) is 0 Å².